The van der Waals surface area contributed by atoms with E-state index in [1.165, 1.54) is 10.5 Å². The van der Waals surface area contributed by atoms with Crippen LogP contribution in [-0.2, 0) is 0 Å². The molecule has 1 aliphatic rings. The zero-order valence-electron chi connectivity index (χ0n) is 11.6. The van der Waals surface area contributed by atoms with Crippen LogP contribution in [0.25, 0.3) is 0 Å². The van der Waals surface area contributed by atoms with Crippen LogP contribution in [-0.4, -0.2) is 36.5 Å². The summed E-state index contributed by atoms with van der Waals surface area (Å²) in [6.07, 6.45) is 0. The Balaban J connectivity index is 1.91. The number of hydrogen-bond donors (Lipinski definition) is 1. The number of rotatable bonds is 4. The van der Waals surface area contributed by atoms with Gasteiger partial charge in [-0.15, -0.1) is 11.8 Å². The van der Waals surface area contributed by atoms with Gasteiger partial charge in [0.2, 0.25) is 0 Å². The summed E-state index contributed by atoms with van der Waals surface area (Å²) in [5.41, 5.74) is 1.43. The summed E-state index contributed by atoms with van der Waals surface area (Å²) < 4.78 is 0. The fourth-order valence-electron chi connectivity index (χ4n) is 2.25. The highest BCUT2D eigenvalue weighted by atomic mass is 32.2. The number of hydrogen-bond acceptors (Lipinski definition) is 3. The van der Waals surface area contributed by atoms with E-state index in [0.29, 0.717) is 11.3 Å². The van der Waals surface area contributed by atoms with Crippen molar-refractivity contribution in [2.24, 2.45) is 0 Å². The van der Waals surface area contributed by atoms with Crippen LogP contribution in [0, 0.1) is 0 Å². The number of benzene rings is 1. The van der Waals surface area contributed by atoms with Crippen molar-refractivity contribution < 1.29 is 0 Å². The molecule has 1 fully saturated rings. The third-order valence-corrected chi connectivity index (χ3v) is 4.70. The molecule has 2 rings (SSSR count). The van der Waals surface area contributed by atoms with Gasteiger partial charge in [-0.1, -0.05) is 26.0 Å². The maximum atomic E-state index is 3.40. The van der Waals surface area contributed by atoms with E-state index in [0.717, 1.165) is 26.2 Å². The van der Waals surface area contributed by atoms with E-state index in [1.54, 1.807) is 0 Å². The minimum atomic E-state index is 0.567. The zero-order valence-corrected chi connectivity index (χ0v) is 12.5. The van der Waals surface area contributed by atoms with Crippen LogP contribution in [0.4, 0.5) is 0 Å². The molecule has 3 heteroatoms. The van der Waals surface area contributed by atoms with E-state index in [2.05, 4.69) is 55.3 Å². The first kappa shape index (κ1) is 13.9. The minimum absolute atomic E-state index is 0.567. The lowest BCUT2D eigenvalue weighted by molar-refractivity contribution is 0.234. The van der Waals surface area contributed by atoms with Crippen molar-refractivity contribution in [1.29, 1.82) is 0 Å². The van der Waals surface area contributed by atoms with Gasteiger partial charge < -0.3 is 5.32 Å². The van der Waals surface area contributed by atoms with Crippen molar-refractivity contribution in [2.45, 2.75) is 37.0 Å². The first-order valence-corrected chi connectivity index (χ1v) is 7.76. The van der Waals surface area contributed by atoms with Gasteiger partial charge in [0.25, 0.3) is 0 Å². The number of piperazine rings is 1. The van der Waals surface area contributed by atoms with Crippen molar-refractivity contribution in [2.75, 3.05) is 26.2 Å². The van der Waals surface area contributed by atoms with Crippen molar-refractivity contribution >= 4 is 11.8 Å². The molecule has 0 spiro atoms. The largest absolute Gasteiger partial charge is 0.314 e. The first-order valence-electron chi connectivity index (χ1n) is 6.88. The van der Waals surface area contributed by atoms with E-state index in [-0.39, 0.29) is 0 Å². The van der Waals surface area contributed by atoms with Gasteiger partial charge in [0.1, 0.15) is 0 Å². The summed E-state index contributed by atoms with van der Waals surface area (Å²) in [5, 5.41) is 3.97. The van der Waals surface area contributed by atoms with Crippen LogP contribution in [0.5, 0.6) is 0 Å². The average Bonchev–Trinajstić information content (AvgIpc) is 2.40. The average molecular weight is 264 g/mol. The molecular formula is C15H24N2S. The molecule has 1 saturated heterocycles. The third-order valence-electron chi connectivity index (χ3n) is 3.52. The lowest BCUT2D eigenvalue weighted by atomic mass is 10.0. The predicted molar refractivity (Wildman–Crippen MR) is 80.3 cm³/mol. The van der Waals surface area contributed by atoms with Crippen LogP contribution in [0.2, 0.25) is 0 Å². The Labute approximate surface area is 115 Å². The second-order valence-electron chi connectivity index (χ2n) is 5.23. The Morgan fingerprint density at radius 1 is 1.06 bits per heavy atom. The van der Waals surface area contributed by atoms with E-state index >= 15 is 0 Å². The van der Waals surface area contributed by atoms with Gasteiger partial charge in [0.15, 0.2) is 0 Å². The van der Waals surface area contributed by atoms with Gasteiger partial charge >= 0.3 is 0 Å². The van der Waals surface area contributed by atoms with Crippen molar-refractivity contribution in [3.05, 3.63) is 29.8 Å². The van der Waals surface area contributed by atoms with Gasteiger partial charge in [0, 0.05) is 31.1 Å². The SMILES string of the molecule is CC(C)c1ccc(SC(C)N2CCNCC2)cc1. The molecule has 100 valence electrons. The van der Waals surface area contributed by atoms with Crippen LogP contribution in [0.3, 0.4) is 0 Å². The van der Waals surface area contributed by atoms with E-state index in [1.807, 2.05) is 11.8 Å². The van der Waals surface area contributed by atoms with Gasteiger partial charge in [0.05, 0.1) is 5.37 Å². The fraction of sp³-hybridized carbons (Fsp3) is 0.600. The molecule has 1 heterocycles. The summed E-state index contributed by atoms with van der Waals surface area (Å²) in [6.45, 7) is 11.4. The van der Waals surface area contributed by atoms with E-state index in [9.17, 15) is 0 Å². The molecule has 0 aromatic heterocycles. The zero-order chi connectivity index (χ0) is 13.0. The van der Waals surface area contributed by atoms with Gasteiger partial charge in [-0.05, 0) is 30.5 Å². The molecule has 0 radical (unpaired) electrons. The first-order chi connectivity index (χ1) is 8.66. The number of nitrogens with one attached hydrogen (secondary N) is 1. The van der Waals surface area contributed by atoms with Crippen LogP contribution < -0.4 is 5.32 Å². The highest BCUT2D eigenvalue weighted by Crippen LogP contribution is 2.27. The molecule has 1 N–H and O–H groups in total. The summed E-state index contributed by atoms with van der Waals surface area (Å²) in [7, 11) is 0. The summed E-state index contributed by atoms with van der Waals surface area (Å²) in [4.78, 5) is 3.93. The standard InChI is InChI=1S/C15H24N2S/c1-12(2)14-4-6-15(7-5-14)18-13(3)17-10-8-16-9-11-17/h4-7,12-13,16H,8-11H2,1-3H3. The molecule has 1 unspecified atom stereocenters. The fourth-order valence-corrected chi connectivity index (χ4v) is 3.30. The molecule has 1 aromatic carbocycles. The predicted octanol–water partition coefficient (Wildman–Crippen LogP) is 3.15. The molecule has 18 heavy (non-hydrogen) atoms. The summed E-state index contributed by atoms with van der Waals surface area (Å²) >= 11 is 1.97. The highest BCUT2D eigenvalue weighted by Gasteiger charge is 2.17. The molecule has 1 atom stereocenters. The van der Waals surface area contributed by atoms with Crippen molar-refractivity contribution in [1.82, 2.24) is 10.2 Å². The Bertz CT molecular complexity index is 355. The smallest absolute Gasteiger partial charge is 0.0576 e. The monoisotopic (exact) mass is 264 g/mol. The van der Waals surface area contributed by atoms with E-state index in [4.69, 9.17) is 0 Å². The molecule has 2 nitrogen and oxygen atoms in total. The Kier molecular flexibility index (Phi) is 5.10. The molecule has 0 aliphatic carbocycles. The molecular weight excluding hydrogens is 240 g/mol. The topological polar surface area (TPSA) is 15.3 Å². The Morgan fingerprint density at radius 3 is 2.22 bits per heavy atom. The minimum Gasteiger partial charge on any atom is -0.314 e. The number of nitrogens with zero attached hydrogens (tertiary/aromatic N) is 1. The second-order valence-corrected chi connectivity index (χ2v) is 6.62. The molecule has 1 aromatic rings. The van der Waals surface area contributed by atoms with Crippen molar-refractivity contribution in [3.63, 3.8) is 0 Å². The van der Waals surface area contributed by atoms with E-state index < -0.39 is 0 Å². The third kappa shape index (κ3) is 3.74. The molecule has 1 aliphatic heterocycles. The Morgan fingerprint density at radius 2 is 1.67 bits per heavy atom. The molecule has 0 amide bonds. The Hall–Kier alpha value is -0.510. The van der Waals surface area contributed by atoms with Crippen LogP contribution >= 0.6 is 11.8 Å². The van der Waals surface area contributed by atoms with Crippen molar-refractivity contribution in [3.8, 4) is 0 Å². The summed E-state index contributed by atoms with van der Waals surface area (Å²) in [6, 6.07) is 9.05. The highest BCUT2D eigenvalue weighted by molar-refractivity contribution is 7.99. The van der Waals surface area contributed by atoms with Gasteiger partial charge in [-0.2, -0.15) is 0 Å². The van der Waals surface area contributed by atoms with Crippen LogP contribution in [0.1, 0.15) is 32.3 Å². The number of thioether (sulfide) groups is 1. The van der Waals surface area contributed by atoms with Crippen LogP contribution in [0.15, 0.2) is 29.2 Å². The quantitative estimate of drug-likeness (QED) is 0.841. The molecule has 0 saturated carbocycles. The summed E-state index contributed by atoms with van der Waals surface area (Å²) in [5.74, 6) is 0.620. The van der Waals surface area contributed by atoms with Gasteiger partial charge in [-0.3, -0.25) is 4.90 Å². The lowest BCUT2D eigenvalue weighted by Crippen LogP contribution is -2.46. The normalized spacial score (nSPS) is 19.1. The van der Waals surface area contributed by atoms with Gasteiger partial charge in [-0.25, -0.2) is 0 Å². The second kappa shape index (κ2) is 6.60. The molecule has 0 bridgehead atoms. The lowest BCUT2D eigenvalue weighted by Gasteiger charge is -2.32. The maximum Gasteiger partial charge on any atom is 0.0576 e. The maximum absolute atomic E-state index is 3.40.